The van der Waals surface area contributed by atoms with E-state index in [0.717, 1.165) is 16.3 Å². The highest BCUT2D eigenvalue weighted by molar-refractivity contribution is 8.01. The van der Waals surface area contributed by atoms with Gasteiger partial charge in [0.2, 0.25) is 11.0 Å². The average Bonchev–Trinajstić information content (AvgIpc) is 2.93. The van der Waals surface area contributed by atoms with E-state index < -0.39 is 0 Å². The Kier molecular flexibility index (Phi) is 5.95. The number of thioether (sulfide) groups is 1. The van der Waals surface area contributed by atoms with E-state index in [2.05, 4.69) is 29.4 Å². The summed E-state index contributed by atoms with van der Waals surface area (Å²) >= 11 is 3.08. The molecule has 6 heteroatoms. The van der Waals surface area contributed by atoms with Gasteiger partial charge in [0.15, 0.2) is 4.34 Å². The van der Waals surface area contributed by atoms with Crippen LogP contribution in [0.1, 0.15) is 25.8 Å². The number of anilines is 1. The highest BCUT2D eigenvalue weighted by atomic mass is 32.2. The van der Waals surface area contributed by atoms with Crippen LogP contribution in [-0.2, 0) is 4.79 Å². The number of carbonyl (C=O) groups excluding carboxylic acids is 1. The third-order valence-electron chi connectivity index (χ3n) is 2.74. The SMILES string of the molecule is CCC(C)Sc1nnc(NC(=O)/C=C/c2ccccc2)s1. The summed E-state index contributed by atoms with van der Waals surface area (Å²) in [6.45, 7) is 4.28. The molecule has 0 saturated carbocycles. The van der Waals surface area contributed by atoms with Gasteiger partial charge in [-0.2, -0.15) is 0 Å². The zero-order valence-corrected chi connectivity index (χ0v) is 13.6. The number of hydrogen-bond donors (Lipinski definition) is 1. The summed E-state index contributed by atoms with van der Waals surface area (Å²) in [5.41, 5.74) is 0.984. The normalized spacial score (nSPS) is 12.5. The van der Waals surface area contributed by atoms with E-state index in [1.54, 1.807) is 17.8 Å². The van der Waals surface area contributed by atoms with Crippen molar-refractivity contribution in [3.63, 3.8) is 0 Å². The second-order valence-electron chi connectivity index (χ2n) is 4.44. The first-order valence-corrected chi connectivity index (χ1v) is 8.41. The zero-order valence-electron chi connectivity index (χ0n) is 11.9. The fraction of sp³-hybridized carbons (Fsp3) is 0.267. The van der Waals surface area contributed by atoms with Gasteiger partial charge in [0.05, 0.1) is 0 Å². The van der Waals surface area contributed by atoms with Crippen LogP contribution in [0.15, 0.2) is 40.7 Å². The molecule has 2 aromatic rings. The van der Waals surface area contributed by atoms with E-state index in [4.69, 9.17) is 0 Å². The largest absolute Gasteiger partial charge is 0.297 e. The molecule has 0 spiro atoms. The van der Waals surface area contributed by atoms with Crippen molar-refractivity contribution in [3.8, 4) is 0 Å². The summed E-state index contributed by atoms with van der Waals surface area (Å²) in [6.07, 6.45) is 4.34. The second-order valence-corrected chi connectivity index (χ2v) is 7.11. The van der Waals surface area contributed by atoms with Crippen LogP contribution >= 0.6 is 23.1 Å². The van der Waals surface area contributed by atoms with E-state index in [1.165, 1.54) is 17.4 Å². The first kappa shape index (κ1) is 15.7. The zero-order chi connectivity index (χ0) is 15.1. The maximum Gasteiger partial charge on any atom is 0.250 e. The standard InChI is InChI=1S/C15H17N3OS2/c1-3-11(2)20-15-18-17-14(21-15)16-13(19)10-9-12-7-5-4-6-8-12/h4-11H,3H2,1-2H3,(H,16,17,19)/b10-9+. The Labute approximate surface area is 132 Å². The molecule has 4 nitrogen and oxygen atoms in total. The van der Waals surface area contributed by atoms with Crippen LogP contribution in [0.3, 0.4) is 0 Å². The third kappa shape index (κ3) is 5.32. The molecule has 2 rings (SSSR count). The fourth-order valence-electron chi connectivity index (χ4n) is 1.45. The van der Waals surface area contributed by atoms with Crippen molar-refractivity contribution < 1.29 is 4.79 Å². The molecule has 1 aromatic heterocycles. The van der Waals surface area contributed by atoms with E-state index in [1.807, 2.05) is 30.3 Å². The van der Waals surface area contributed by atoms with Crippen molar-refractivity contribution in [2.45, 2.75) is 29.9 Å². The van der Waals surface area contributed by atoms with Crippen LogP contribution < -0.4 is 5.32 Å². The van der Waals surface area contributed by atoms with Crippen molar-refractivity contribution in [2.24, 2.45) is 0 Å². The number of carbonyl (C=O) groups is 1. The second kappa shape index (κ2) is 7.95. The summed E-state index contributed by atoms with van der Waals surface area (Å²) in [5.74, 6) is -0.199. The van der Waals surface area contributed by atoms with Gasteiger partial charge in [0.1, 0.15) is 0 Å². The Morgan fingerprint density at radius 2 is 2.14 bits per heavy atom. The number of aromatic nitrogens is 2. The molecule has 0 radical (unpaired) electrons. The van der Waals surface area contributed by atoms with Crippen molar-refractivity contribution >= 4 is 40.2 Å². The molecule has 0 bridgehead atoms. The maximum absolute atomic E-state index is 11.8. The summed E-state index contributed by atoms with van der Waals surface area (Å²) in [7, 11) is 0. The number of rotatable bonds is 6. The van der Waals surface area contributed by atoms with Crippen LogP contribution in [0.25, 0.3) is 6.08 Å². The predicted octanol–water partition coefficient (Wildman–Crippen LogP) is 4.08. The van der Waals surface area contributed by atoms with Gasteiger partial charge in [-0.15, -0.1) is 10.2 Å². The van der Waals surface area contributed by atoms with Gasteiger partial charge < -0.3 is 0 Å². The van der Waals surface area contributed by atoms with Gasteiger partial charge in [0, 0.05) is 11.3 Å². The quantitative estimate of drug-likeness (QED) is 0.495. The molecule has 1 unspecified atom stereocenters. The molecule has 0 aliphatic rings. The van der Waals surface area contributed by atoms with Crippen molar-refractivity contribution in [2.75, 3.05) is 5.32 Å². The first-order valence-electron chi connectivity index (χ1n) is 6.71. The lowest BCUT2D eigenvalue weighted by Gasteiger charge is -2.02. The Morgan fingerprint density at radius 3 is 2.86 bits per heavy atom. The molecule has 1 heterocycles. The van der Waals surface area contributed by atoms with Gasteiger partial charge in [-0.25, -0.2) is 0 Å². The lowest BCUT2D eigenvalue weighted by molar-refractivity contribution is -0.111. The maximum atomic E-state index is 11.8. The Balaban J connectivity index is 1.89. The van der Waals surface area contributed by atoms with Crippen molar-refractivity contribution in [1.82, 2.24) is 10.2 Å². The molecule has 110 valence electrons. The smallest absolute Gasteiger partial charge is 0.250 e. The summed E-state index contributed by atoms with van der Waals surface area (Å²) in [5, 5.41) is 11.8. The number of hydrogen-bond acceptors (Lipinski definition) is 5. The molecule has 1 amide bonds. The lowest BCUT2D eigenvalue weighted by atomic mass is 10.2. The minimum absolute atomic E-state index is 0.199. The summed E-state index contributed by atoms with van der Waals surface area (Å²) < 4.78 is 0.881. The molecule has 1 atom stereocenters. The molecule has 0 aliphatic carbocycles. The van der Waals surface area contributed by atoms with Gasteiger partial charge in [-0.05, 0) is 18.1 Å². The van der Waals surface area contributed by atoms with Crippen LogP contribution in [0.2, 0.25) is 0 Å². The van der Waals surface area contributed by atoms with Gasteiger partial charge in [0.25, 0.3) is 0 Å². The number of nitrogens with one attached hydrogen (secondary N) is 1. The summed E-state index contributed by atoms with van der Waals surface area (Å²) in [4.78, 5) is 11.8. The highest BCUT2D eigenvalue weighted by Crippen LogP contribution is 2.29. The van der Waals surface area contributed by atoms with E-state index >= 15 is 0 Å². The third-order valence-corrected chi connectivity index (χ3v) is 4.93. The predicted molar refractivity (Wildman–Crippen MR) is 89.6 cm³/mol. The Hall–Kier alpha value is -1.66. The minimum atomic E-state index is -0.199. The van der Waals surface area contributed by atoms with Crippen molar-refractivity contribution in [3.05, 3.63) is 42.0 Å². The van der Waals surface area contributed by atoms with Gasteiger partial charge in [-0.1, -0.05) is 67.3 Å². The molecule has 1 N–H and O–H groups in total. The van der Waals surface area contributed by atoms with Crippen LogP contribution in [0.5, 0.6) is 0 Å². The number of nitrogens with zero attached hydrogens (tertiary/aromatic N) is 2. The van der Waals surface area contributed by atoms with E-state index in [9.17, 15) is 4.79 Å². The molecular formula is C15H17N3OS2. The topological polar surface area (TPSA) is 54.9 Å². The van der Waals surface area contributed by atoms with Crippen LogP contribution in [0.4, 0.5) is 5.13 Å². The number of benzene rings is 1. The van der Waals surface area contributed by atoms with Gasteiger partial charge in [-0.3, -0.25) is 10.1 Å². The first-order chi connectivity index (χ1) is 10.2. The summed E-state index contributed by atoms with van der Waals surface area (Å²) in [6, 6.07) is 9.68. The van der Waals surface area contributed by atoms with E-state index in [-0.39, 0.29) is 5.91 Å². The average molecular weight is 319 g/mol. The van der Waals surface area contributed by atoms with Crippen LogP contribution in [-0.4, -0.2) is 21.4 Å². The Bertz CT molecular complexity index is 610. The van der Waals surface area contributed by atoms with Crippen LogP contribution in [0, 0.1) is 0 Å². The fourth-order valence-corrected chi connectivity index (χ4v) is 3.45. The minimum Gasteiger partial charge on any atom is -0.297 e. The molecule has 21 heavy (non-hydrogen) atoms. The molecule has 0 fully saturated rings. The highest BCUT2D eigenvalue weighted by Gasteiger charge is 2.09. The molecule has 0 aliphatic heterocycles. The monoisotopic (exact) mass is 319 g/mol. The Morgan fingerprint density at radius 1 is 1.38 bits per heavy atom. The lowest BCUT2D eigenvalue weighted by Crippen LogP contribution is -2.07. The molecule has 1 aromatic carbocycles. The number of amides is 1. The van der Waals surface area contributed by atoms with Gasteiger partial charge >= 0.3 is 0 Å². The van der Waals surface area contributed by atoms with E-state index in [0.29, 0.717) is 10.4 Å². The molecular weight excluding hydrogens is 302 g/mol. The molecule has 0 saturated heterocycles. The van der Waals surface area contributed by atoms with Crippen molar-refractivity contribution in [1.29, 1.82) is 0 Å².